The van der Waals surface area contributed by atoms with E-state index in [4.69, 9.17) is 0 Å². The normalized spacial score (nSPS) is 13.1. The van der Waals surface area contributed by atoms with Gasteiger partial charge in [-0.15, -0.1) is 11.8 Å². The lowest BCUT2D eigenvalue weighted by atomic mass is 9.98. The summed E-state index contributed by atoms with van der Waals surface area (Å²) in [7, 11) is 0. The maximum Gasteiger partial charge on any atom is 0.0662 e. The van der Waals surface area contributed by atoms with Gasteiger partial charge in [-0.1, -0.05) is 44.4 Å². The van der Waals surface area contributed by atoms with Crippen molar-refractivity contribution in [3.63, 3.8) is 0 Å². The number of aliphatic hydroxyl groups excluding tert-OH is 1. The van der Waals surface area contributed by atoms with E-state index in [9.17, 15) is 5.11 Å². The average Bonchev–Trinajstić information content (AvgIpc) is 2.28. The second-order valence-corrected chi connectivity index (χ2v) is 5.36. The molecule has 0 spiro atoms. The molecule has 0 aliphatic carbocycles. The van der Waals surface area contributed by atoms with E-state index in [2.05, 4.69) is 45.0 Å². The number of rotatable bonds is 6. The summed E-state index contributed by atoms with van der Waals surface area (Å²) in [4.78, 5) is 1.25. The molecule has 1 unspecified atom stereocenters. The first-order valence-corrected chi connectivity index (χ1v) is 7.03. The van der Waals surface area contributed by atoms with Gasteiger partial charge >= 0.3 is 0 Å². The maximum absolute atomic E-state index is 10.0. The summed E-state index contributed by atoms with van der Waals surface area (Å²) < 4.78 is 0. The van der Waals surface area contributed by atoms with Crippen molar-refractivity contribution in [2.24, 2.45) is 5.92 Å². The number of aliphatic hydroxyl groups is 1. The Labute approximate surface area is 103 Å². The van der Waals surface area contributed by atoms with E-state index >= 15 is 0 Å². The van der Waals surface area contributed by atoms with Crippen molar-refractivity contribution < 1.29 is 5.11 Å². The molecule has 0 aromatic heterocycles. The molecule has 0 fully saturated rings. The van der Waals surface area contributed by atoms with Crippen molar-refractivity contribution in [1.29, 1.82) is 0 Å². The van der Waals surface area contributed by atoms with Crippen LogP contribution in [0.3, 0.4) is 0 Å². The van der Waals surface area contributed by atoms with Crippen LogP contribution in [0.25, 0.3) is 0 Å². The smallest absolute Gasteiger partial charge is 0.0662 e. The first kappa shape index (κ1) is 13.6. The van der Waals surface area contributed by atoms with Crippen LogP contribution in [0, 0.1) is 12.8 Å². The molecule has 16 heavy (non-hydrogen) atoms. The second kappa shape index (κ2) is 6.97. The van der Waals surface area contributed by atoms with Crippen LogP contribution in [0.4, 0.5) is 0 Å². The van der Waals surface area contributed by atoms with Crippen LogP contribution < -0.4 is 0 Å². The highest BCUT2D eigenvalue weighted by Gasteiger charge is 2.15. The molecular formula is C14H22OS. The predicted octanol–water partition coefficient (Wildman–Crippen LogP) is 3.88. The first-order chi connectivity index (χ1) is 7.67. The number of hydrogen-bond acceptors (Lipinski definition) is 2. The third-order valence-corrected chi connectivity index (χ3v) is 4.10. The number of hydrogen-bond donors (Lipinski definition) is 1. The molecule has 2 heteroatoms. The Balaban J connectivity index is 2.45. The van der Waals surface area contributed by atoms with E-state index in [0.29, 0.717) is 5.92 Å². The van der Waals surface area contributed by atoms with Gasteiger partial charge in [-0.3, -0.25) is 0 Å². The Hall–Kier alpha value is -0.470. The highest BCUT2D eigenvalue weighted by molar-refractivity contribution is 7.99. The number of thioether (sulfide) groups is 1. The van der Waals surface area contributed by atoms with Crippen molar-refractivity contribution >= 4 is 11.8 Å². The van der Waals surface area contributed by atoms with Crippen molar-refractivity contribution in [1.82, 2.24) is 0 Å². The Kier molecular flexibility index (Phi) is 5.93. The first-order valence-electron chi connectivity index (χ1n) is 6.04. The number of benzene rings is 1. The summed E-state index contributed by atoms with van der Waals surface area (Å²) in [5.41, 5.74) is 1.28. The van der Waals surface area contributed by atoms with Gasteiger partial charge in [0.05, 0.1) is 6.10 Å². The molecule has 0 amide bonds. The zero-order chi connectivity index (χ0) is 12.0. The molecule has 1 aromatic carbocycles. The van der Waals surface area contributed by atoms with Crippen LogP contribution in [-0.4, -0.2) is 17.0 Å². The molecule has 90 valence electrons. The summed E-state index contributed by atoms with van der Waals surface area (Å²) in [5, 5.41) is 10.0. The van der Waals surface area contributed by atoms with Gasteiger partial charge in [0.2, 0.25) is 0 Å². The molecule has 1 rings (SSSR count). The predicted molar refractivity (Wildman–Crippen MR) is 72.0 cm³/mol. The van der Waals surface area contributed by atoms with Crippen LogP contribution in [0.1, 0.15) is 32.3 Å². The molecule has 0 bridgehead atoms. The Morgan fingerprint density at radius 3 is 2.50 bits per heavy atom. The molecule has 1 atom stereocenters. The molecule has 0 aliphatic heterocycles. The minimum Gasteiger partial charge on any atom is -0.392 e. The summed E-state index contributed by atoms with van der Waals surface area (Å²) in [6, 6.07) is 8.45. The van der Waals surface area contributed by atoms with Crippen molar-refractivity contribution in [3.8, 4) is 0 Å². The minimum atomic E-state index is -0.180. The van der Waals surface area contributed by atoms with E-state index in [-0.39, 0.29) is 6.10 Å². The SMILES string of the molecule is CCC(CC)C(O)CSc1cccc(C)c1. The highest BCUT2D eigenvalue weighted by Crippen LogP contribution is 2.23. The fourth-order valence-electron chi connectivity index (χ4n) is 1.86. The minimum absolute atomic E-state index is 0.180. The van der Waals surface area contributed by atoms with Crippen molar-refractivity contribution in [2.75, 3.05) is 5.75 Å². The van der Waals surface area contributed by atoms with Gasteiger partial charge in [-0.05, 0) is 25.0 Å². The third-order valence-electron chi connectivity index (χ3n) is 3.00. The third kappa shape index (κ3) is 4.18. The Morgan fingerprint density at radius 2 is 1.94 bits per heavy atom. The lowest BCUT2D eigenvalue weighted by Gasteiger charge is -2.19. The largest absolute Gasteiger partial charge is 0.392 e. The second-order valence-electron chi connectivity index (χ2n) is 4.27. The molecule has 0 saturated heterocycles. The zero-order valence-corrected chi connectivity index (χ0v) is 11.3. The Bertz CT molecular complexity index is 307. The summed E-state index contributed by atoms with van der Waals surface area (Å²) in [6.07, 6.45) is 1.94. The molecule has 1 N–H and O–H groups in total. The topological polar surface area (TPSA) is 20.2 Å². The molecule has 1 nitrogen and oxygen atoms in total. The molecule has 0 saturated carbocycles. The monoisotopic (exact) mass is 238 g/mol. The van der Waals surface area contributed by atoms with Gasteiger partial charge in [0.25, 0.3) is 0 Å². The van der Waals surface area contributed by atoms with Gasteiger partial charge in [0.15, 0.2) is 0 Å². The van der Waals surface area contributed by atoms with Crippen LogP contribution in [-0.2, 0) is 0 Å². The van der Waals surface area contributed by atoms with Gasteiger partial charge in [0.1, 0.15) is 0 Å². The maximum atomic E-state index is 10.0. The van der Waals surface area contributed by atoms with E-state index in [1.807, 2.05) is 0 Å². The molecule has 0 heterocycles. The van der Waals surface area contributed by atoms with Crippen LogP contribution >= 0.6 is 11.8 Å². The van der Waals surface area contributed by atoms with Gasteiger partial charge in [0, 0.05) is 10.6 Å². The number of aryl methyl sites for hydroxylation is 1. The van der Waals surface area contributed by atoms with E-state index in [1.165, 1.54) is 10.5 Å². The van der Waals surface area contributed by atoms with Gasteiger partial charge < -0.3 is 5.11 Å². The average molecular weight is 238 g/mol. The Morgan fingerprint density at radius 1 is 1.25 bits per heavy atom. The van der Waals surface area contributed by atoms with E-state index in [1.54, 1.807) is 11.8 Å². The lowest BCUT2D eigenvalue weighted by Crippen LogP contribution is -2.21. The molecule has 0 aliphatic rings. The molecule has 1 aromatic rings. The van der Waals surface area contributed by atoms with Crippen molar-refractivity contribution in [3.05, 3.63) is 29.8 Å². The van der Waals surface area contributed by atoms with E-state index in [0.717, 1.165) is 18.6 Å². The van der Waals surface area contributed by atoms with Crippen LogP contribution in [0.15, 0.2) is 29.2 Å². The fraction of sp³-hybridized carbons (Fsp3) is 0.571. The molecule has 0 radical (unpaired) electrons. The lowest BCUT2D eigenvalue weighted by molar-refractivity contribution is 0.125. The zero-order valence-electron chi connectivity index (χ0n) is 10.4. The summed E-state index contributed by atoms with van der Waals surface area (Å²) >= 11 is 1.75. The summed E-state index contributed by atoms with van der Waals surface area (Å²) in [5.74, 6) is 1.24. The highest BCUT2D eigenvalue weighted by atomic mass is 32.2. The molecular weight excluding hydrogens is 216 g/mol. The van der Waals surface area contributed by atoms with Crippen LogP contribution in [0.5, 0.6) is 0 Å². The fourth-order valence-corrected chi connectivity index (χ4v) is 2.94. The summed E-state index contributed by atoms with van der Waals surface area (Å²) in [6.45, 7) is 6.39. The quantitative estimate of drug-likeness (QED) is 0.759. The van der Waals surface area contributed by atoms with E-state index < -0.39 is 0 Å². The van der Waals surface area contributed by atoms with Gasteiger partial charge in [-0.25, -0.2) is 0 Å². The van der Waals surface area contributed by atoms with Crippen LogP contribution in [0.2, 0.25) is 0 Å². The standard InChI is InChI=1S/C14H22OS/c1-4-12(5-2)14(15)10-16-13-8-6-7-11(3)9-13/h6-9,12,14-15H,4-5,10H2,1-3H3. The van der Waals surface area contributed by atoms with Gasteiger partial charge in [-0.2, -0.15) is 0 Å². The van der Waals surface area contributed by atoms with Crippen molar-refractivity contribution in [2.45, 2.75) is 44.6 Å².